The molecule has 1 atom stereocenters. The van der Waals surface area contributed by atoms with Crippen LogP contribution in [-0.2, 0) is 7.05 Å². The van der Waals surface area contributed by atoms with E-state index in [2.05, 4.69) is 17.2 Å². The van der Waals surface area contributed by atoms with Gasteiger partial charge in [-0.05, 0) is 47.5 Å². The SMILES string of the molecule is Cn1c(N2C[C@H](c3ccccc3)C(c3ccc(Cl)cc3)=N2)nn(-c2ccc(Cl)cc2)c1=O. The van der Waals surface area contributed by atoms with Gasteiger partial charge in [0.15, 0.2) is 0 Å². The van der Waals surface area contributed by atoms with Gasteiger partial charge in [-0.25, -0.2) is 9.80 Å². The Balaban J connectivity index is 1.58. The Bertz CT molecular complexity index is 1340. The summed E-state index contributed by atoms with van der Waals surface area (Å²) in [6.07, 6.45) is 0. The van der Waals surface area contributed by atoms with Crippen molar-refractivity contribution in [3.8, 4) is 5.69 Å². The van der Waals surface area contributed by atoms with Crippen molar-refractivity contribution < 1.29 is 0 Å². The number of hydrogen-bond acceptors (Lipinski definition) is 4. The zero-order valence-corrected chi connectivity index (χ0v) is 18.7. The molecule has 0 spiro atoms. The summed E-state index contributed by atoms with van der Waals surface area (Å²) in [6, 6.07) is 24.8. The third-order valence-electron chi connectivity index (χ3n) is 5.52. The molecule has 1 aliphatic heterocycles. The first-order valence-corrected chi connectivity index (χ1v) is 10.9. The molecule has 0 radical (unpaired) electrons. The van der Waals surface area contributed by atoms with Crippen LogP contribution in [0.15, 0.2) is 88.8 Å². The summed E-state index contributed by atoms with van der Waals surface area (Å²) in [7, 11) is 1.70. The number of benzene rings is 3. The van der Waals surface area contributed by atoms with Crippen molar-refractivity contribution >= 4 is 34.9 Å². The van der Waals surface area contributed by atoms with Crippen LogP contribution in [0.3, 0.4) is 0 Å². The normalized spacial score (nSPS) is 15.8. The Hall–Kier alpha value is -3.35. The molecule has 0 aliphatic carbocycles. The summed E-state index contributed by atoms with van der Waals surface area (Å²) in [4.78, 5) is 12.9. The van der Waals surface area contributed by atoms with E-state index in [1.165, 1.54) is 9.25 Å². The standard InChI is InChI=1S/C24H19Cl2N5O/c1-29-23(28-31(24(29)32)20-13-11-19(26)12-14-20)30-15-21(16-5-3-2-4-6-16)22(27-30)17-7-9-18(25)10-8-17/h2-14,21H,15H2,1H3/t21-/m1/s1. The van der Waals surface area contributed by atoms with E-state index in [1.807, 2.05) is 42.5 Å². The van der Waals surface area contributed by atoms with Crippen LogP contribution in [0.4, 0.5) is 5.95 Å². The minimum absolute atomic E-state index is 0.0214. The summed E-state index contributed by atoms with van der Waals surface area (Å²) < 4.78 is 2.87. The van der Waals surface area contributed by atoms with Gasteiger partial charge in [-0.15, -0.1) is 5.10 Å². The van der Waals surface area contributed by atoms with Gasteiger partial charge in [-0.3, -0.25) is 4.57 Å². The molecule has 0 unspecified atom stereocenters. The van der Waals surface area contributed by atoms with Crippen molar-refractivity contribution in [2.75, 3.05) is 11.6 Å². The molecule has 2 heterocycles. The van der Waals surface area contributed by atoms with Crippen molar-refractivity contribution in [2.24, 2.45) is 12.1 Å². The predicted molar refractivity (Wildman–Crippen MR) is 128 cm³/mol. The Morgan fingerprint density at radius 3 is 2.16 bits per heavy atom. The van der Waals surface area contributed by atoms with Crippen molar-refractivity contribution in [3.05, 3.63) is 111 Å². The van der Waals surface area contributed by atoms with E-state index in [0.717, 1.165) is 16.8 Å². The van der Waals surface area contributed by atoms with Crippen LogP contribution in [0, 0.1) is 0 Å². The highest BCUT2D eigenvalue weighted by molar-refractivity contribution is 6.31. The summed E-state index contributed by atoms with van der Waals surface area (Å²) >= 11 is 12.1. The average molecular weight is 464 g/mol. The molecule has 0 amide bonds. The fraction of sp³-hybridized carbons (Fsp3) is 0.125. The van der Waals surface area contributed by atoms with Gasteiger partial charge in [0.1, 0.15) is 0 Å². The Morgan fingerprint density at radius 2 is 1.50 bits per heavy atom. The monoisotopic (exact) mass is 463 g/mol. The smallest absolute Gasteiger partial charge is 0.263 e. The second kappa shape index (κ2) is 8.30. The minimum atomic E-state index is -0.256. The fourth-order valence-corrected chi connectivity index (χ4v) is 4.11. The lowest BCUT2D eigenvalue weighted by Gasteiger charge is -2.15. The lowest BCUT2D eigenvalue weighted by atomic mass is 9.91. The van der Waals surface area contributed by atoms with Gasteiger partial charge in [-0.1, -0.05) is 65.7 Å². The number of halogens is 2. The molecular formula is C24H19Cl2N5O. The molecule has 0 saturated heterocycles. The molecule has 0 N–H and O–H groups in total. The van der Waals surface area contributed by atoms with Crippen LogP contribution in [0.5, 0.6) is 0 Å². The second-order valence-corrected chi connectivity index (χ2v) is 8.44. The van der Waals surface area contributed by atoms with Gasteiger partial charge in [0, 0.05) is 23.0 Å². The Labute approximate surface area is 194 Å². The first-order valence-electron chi connectivity index (χ1n) is 10.1. The molecule has 1 aliphatic rings. The summed E-state index contributed by atoms with van der Waals surface area (Å²) in [5.41, 5.74) is 3.41. The maximum absolute atomic E-state index is 12.9. The lowest BCUT2D eigenvalue weighted by Crippen LogP contribution is -2.24. The summed E-state index contributed by atoms with van der Waals surface area (Å²) in [6.45, 7) is 0.562. The Morgan fingerprint density at radius 1 is 0.875 bits per heavy atom. The number of rotatable bonds is 4. The maximum atomic E-state index is 12.9. The molecule has 5 rings (SSSR count). The van der Waals surface area contributed by atoms with E-state index < -0.39 is 0 Å². The van der Waals surface area contributed by atoms with E-state index in [1.54, 1.807) is 36.3 Å². The van der Waals surface area contributed by atoms with Gasteiger partial charge in [0.25, 0.3) is 0 Å². The molecule has 0 saturated carbocycles. The molecule has 4 aromatic rings. The predicted octanol–water partition coefficient (Wildman–Crippen LogP) is 4.89. The lowest BCUT2D eigenvalue weighted by molar-refractivity contribution is 0.765. The number of anilines is 1. The molecule has 0 fully saturated rings. The molecule has 8 heteroatoms. The molecule has 3 aromatic carbocycles. The minimum Gasteiger partial charge on any atom is -0.263 e. The largest absolute Gasteiger partial charge is 0.351 e. The summed E-state index contributed by atoms with van der Waals surface area (Å²) in [5.74, 6) is 0.489. The van der Waals surface area contributed by atoms with Crippen molar-refractivity contribution in [3.63, 3.8) is 0 Å². The van der Waals surface area contributed by atoms with E-state index >= 15 is 0 Å². The highest BCUT2D eigenvalue weighted by Gasteiger charge is 2.32. The van der Waals surface area contributed by atoms with Crippen LogP contribution < -0.4 is 10.7 Å². The van der Waals surface area contributed by atoms with Gasteiger partial charge in [0.2, 0.25) is 5.95 Å². The number of hydrogen-bond donors (Lipinski definition) is 0. The number of aromatic nitrogens is 3. The Kier molecular flexibility index (Phi) is 5.33. The van der Waals surface area contributed by atoms with E-state index in [0.29, 0.717) is 28.2 Å². The second-order valence-electron chi connectivity index (χ2n) is 7.57. The van der Waals surface area contributed by atoms with Crippen molar-refractivity contribution in [2.45, 2.75) is 5.92 Å². The maximum Gasteiger partial charge on any atom is 0.351 e. The van der Waals surface area contributed by atoms with Gasteiger partial charge in [-0.2, -0.15) is 9.78 Å². The molecular weight excluding hydrogens is 445 g/mol. The van der Waals surface area contributed by atoms with Crippen molar-refractivity contribution in [1.29, 1.82) is 0 Å². The van der Waals surface area contributed by atoms with Gasteiger partial charge < -0.3 is 0 Å². The zero-order valence-electron chi connectivity index (χ0n) is 17.2. The summed E-state index contributed by atoms with van der Waals surface area (Å²) in [5, 5.41) is 12.5. The van der Waals surface area contributed by atoms with Crippen LogP contribution in [0.1, 0.15) is 17.0 Å². The molecule has 0 bridgehead atoms. The number of nitrogens with zero attached hydrogens (tertiary/aromatic N) is 5. The zero-order chi connectivity index (χ0) is 22.2. The topological polar surface area (TPSA) is 55.4 Å². The third kappa shape index (κ3) is 3.72. The average Bonchev–Trinajstić information content (AvgIpc) is 3.38. The highest BCUT2D eigenvalue weighted by atomic mass is 35.5. The molecule has 1 aromatic heterocycles. The molecule has 160 valence electrons. The van der Waals surface area contributed by atoms with E-state index in [-0.39, 0.29) is 11.6 Å². The van der Waals surface area contributed by atoms with Crippen molar-refractivity contribution in [1.82, 2.24) is 14.3 Å². The quantitative estimate of drug-likeness (QED) is 0.433. The van der Waals surface area contributed by atoms with Crippen LogP contribution in [0.2, 0.25) is 10.0 Å². The van der Waals surface area contributed by atoms with Crippen LogP contribution in [-0.4, -0.2) is 26.6 Å². The van der Waals surface area contributed by atoms with E-state index in [4.69, 9.17) is 28.3 Å². The third-order valence-corrected chi connectivity index (χ3v) is 6.02. The highest BCUT2D eigenvalue weighted by Crippen LogP contribution is 2.31. The van der Waals surface area contributed by atoms with Crippen LogP contribution in [0.25, 0.3) is 5.69 Å². The number of hydrazone groups is 1. The van der Waals surface area contributed by atoms with Gasteiger partial charge >= 0.3 is 5.69 Å². The fourth-order valence-electron chi connectivity index (χ4n) is 3.86. The molecule has 32 heavy (non-hydrogen) atoms. The van der Waals surface area contributed by atoms with Gasteiger partial charge in [0.05, 0.1) is 17.9 Å². The first-order chi connectivity index (χ1) is 15.5. The first kappa shape index (κ1) is 20.5. The molecule has 6 nitrogen and oxygen atoms in total. The van der Waals surface area contributed by atoms with Crippen LogP contribution >= 0.6 is 23.2 Å². The van der Waals surface area contributed by atoms with E-state index in [9.17, 15) is 4.79 Å².